The topological polar surface area (TPSA) is 66.8 Å². The number of rotatable bonds is 6. The average Bonchev–Trinajstić information content (AvgIpc) is 3.00. The van der Waals surface area contributed by atoms with Crippen molar-refractivity contribution in [1.29, 1.82) is 0 Å². The van der Waals surface area contributed by atoms with E-state index >= 15 is 0 Å². The zero-order chi connectivity index (χ0) is 17.4. The molecule has 1 N–H and O–H groups in total. The molecule has 0 aromatic carbocycles. The largest absolute Gasteiger partial charge is 0.466 e. The first-order valence-electron chi connectivity index (χ1n) is 8.75. The summed E-state index contributed by atoms with van der Waals surface area (Å²) in [5, 5.41) is 6.53. The third-order valence-electron chi connectivity index (χ3n) is 3.97. The van der Waals surface area contributed by atoms with Crippen LogP contribution < -0.4 is 5.32 Å². The predicted molar refractivity (Wildman–Crippen MR) is 113 cm³/mol. The van der Waals surface area contributed by atoms with E-state index in [9.17, 15) is 4.79 Å². The van der Waals surface area contributed by atoms with Crippen LogP contribution in [0.5, 0.6) is 0 Å². The van der Waals surface area contributed by atoms with E-state index in [1.165, 1.54) is 0 Å². The molecule has 0 bridgehead atoms. The number of thiazole rings is 1. The van der Waals surface area contributed by atoms with E-state index in [1.807, 2.05) is 13.8 Å². The van der Waals surface area contributed by atoms with Gasteiger partial charge in [0.2, 0.25) is 0 Å². The van der Waals surface area contributed by atoms with Gasteiger partial charge in [-0.2, -0.15) is 0 Å². The number of aromatic nitrogens is 1. The molecule has 1 aromatic rings. The van der Waals surface area contributed by atoms with Crippen LogP contribution in [0.2, 0.25) is 0 Å². The molecule has 1 aromatic heterocycles. The van der Waals surface area contributed by atoms with Crippen LogP contribution in [0.4, 0.5) is 0 Å². The SMILES string of the molecule is CCNC(=NCCc1csc(C)n1)N1CCCC(C(=O)OCC)C1.I. The zero-order valence-corrected chi connectivity index (χ0v) is 18.4. The molecule has 2 rings (SSSR count). The summed E-state index contributed by atoms with van der Waals surface area (Å²) in [6.45, 7) is 9.50. The van der Waals surface area contributed by atoms with Gasteiger partial charge < -0.3 is 15.0 Å². The molecule has 1 aliphatic rings. The van der Waals surface area contributed by atoms with Crippen molar-refractivity contribution in [3.63, 3.8) is 0 Å². The van der Waals surface area contributed by atoms with Crippen LogP contribution in [0.3, 0.4) is 0 Å². The molecule has 0 amide bonds. The van der Waals surface area contributed by atoms with Gasteiger partial charge in [0, 0.05) is 38.0 Å². The number of aliphatic imine (C=N–C) groups is 1. The first kappa shape index (κ1) is 22.1. The van der Waals surface area contributed by atoms with Crippen molar-refractivity contribution in [1.82, 2.24) is 15.2 Å². The summed E-state index contributed by atoms with van der Waals surface area (Å²) in [6.07, 6.45) is 2.72. The Morgan fingerprint density at radius 1 is 1.52 bits per heavy atom. The van der Waals surface area contributed by atoms with Gasteiger partial charge in [-0.1, -0.05) is 0 Å². The Labute approximate surface area is 171 Å². The Morgan fingerprint density at radius 2 is 2.32 bits per heavy atom. The van der Waals surface area contributed by atoms with Gasteiger partial charge in [0.15, 0.2) is 5.96 Å². The van der Waals surface area contributed by atoms with Crippen molar-refractivity contribution < 1.29 is 9.53 Å². The minimum atomic E-state index is -0.0870. The maximum Gasteiger partial charge on any atom is 0.310 e. The number of guanidine groups is 1. The lowest BCUT2D eigenvalue weighted by Crippen LogP contribution is -2.48. The highest BCUT2D eigenvalue weighted by Crippen LogP contribution is 2.18. The lowest BCUT2D eigenvalue weighted by Gasteiger charge is -2.34. The van der Waals surface area contributed by atoms with Gasteiger partial charge in [0.1, 0.15) is 0 Å². The van der Waals surface area contributed by atoms with Gasteiger partial charge >= 0.3 is 5.97 Å². The van der Waals surface area contributed by atoms with E-state index in [0.717, 1.165) is 49.0 Å². The van der Waals surface area contributed by atoms with Gasteiger partial charge in [0.25, 0.3) is 0 Å². The number of nitrogens with zero attached hydrogens (tertiary/aromatic N) is 3. The molecule has 1 fully saturated rings. The molecule has 1 saturated heterocycles. The summed E-state index contributed by atoms with van der Waals surface area (Å²) in [4.78, 5) is 23.4. The summed E-state index contributed by atoms with van der Waals surface area (Å²) in [5.74, 6) is 0.748. The molecule has 0 radical (unpaired) electrons. The summed E-state index contributed by atoms with van der Waals surface area (Å²) < 4.78 is 5.18. The van der Waals surface area contributed by atoms with E-state index in [0.29, 0.717) is 19.7 Å². The van der Waals surface area contributed by atoms with Gasteiger partial charge in [-0.25, -0.2) is 4.98 Å². The summed E-state index contributed by atoms with van der Waals surface area (Å²) in [7, 11) is 0. The number of ether oxygens (including phenoxy) is 1. The van der Waals surface area contributed by atoms with Crippen LogP contribution in [-0.2, 0) is 16.0 Å². The third kappa shape index (κ3) is 7.08. The molecule has 2 heterocycles. The van der Waals surface area contributed by atoms with Crippen molar-refractivity contribution in [2.75, 3.05) is 32.8 Å². The fourth-order valence-electron chi connectivity index (χ4n) is 2.85. The second-order valence-corrected chi connectivity index (χ2v) is 6.94. The number of aryl methyl sites for hydroxylation is 1. The van der Waals surface area contributed by atoms with Gasteiger partial charge in [-0.05, 0) is 33.6 Å². The fourth-order valence-corrected chi connectivity index (χ4v) is 3.49. The molecule has 8 heteroatoms. The molecule has 6 nitrogen and oxygen atoms in total. The number of likely N-dealkylation sites (tertiary alicyclic amines) is 1. The van der Waals surface area contributed by atoms with Crippen LogP contribution >= 0.6 is 35.3 Å². The Hall–Kier alpha value is -0.900. The van der Waals surface area contributed by atoms with E-state index in [2.05, 4.69) is 27.5 Å². The van der Waals surface area contributed by atoms with Gasteiger partial charge in [-0.3, -0.25) is 9.79 Å². The molecule has 0 saturated carbocycles. The second-order valence-electron chi connectivity index (χ2n) is 5.88. The maximum absolute atomic E-state index is 12.0. The van der Waals surface area contributed by atoms with Crippen LogP contribution in [0, 0.1) is 12.8 Å². The van der Waals surface area contributed by atoms with Crippen molar-refractivity contribution in [3.05, 3.63) is 16.1 Å². The number of halogens is 1. The molecule has 0 spiro atoms. The van der Waals surface area contributed by atoms with Crippen molar-refractivity contribution >= 4 is 47.2 Å². The molecular weight excluding hydrogens is 451 g/mol. The molecular formula is C17H29IN4O2S. The number of hydrogen-bond acceptors (Lipinski definition) is 5. The zero-order valence-electron chi connectivity index (χ0n) is 15.3. The van der Waals surface area contributed by atoms with Crippen molar-refractivity contribution in [2.45, 2.75) is 40.0 Å². The summed E-state index contributed by atoms with van der Waals surface area (Å²) in [5.41, 5.74) is 1.10. The Bertz CT molecular complexity index is 565. The average molecular weight is 480 g/mol. The maximum atomic E-state index is 12.0. The highest BCUT2D eigenvalue weighted by Gasteiger charge is 2.28. The molecule has 1 unspecified atom stereocenters. The van der Waals surface area contributed by atoms with Gasteiger partial charge in [-0.15, -0.1) is 35.3 Å². The van der Waals surface area contributed by atoms with Crippen LogP contribution in [0.25, 0.3) is 0 Å². The number of nitrogens with one attached hydrogen (secondary N) is 1. The monoisotopic (exact) mass is 480 g/mol. The molecule has 0 aliphatic carbocycles. The van der Waals surface area contributed by atoms with E-state index in [4.69, 9.17) is 9.73 Å². The lowest BCUT2D eigenvalue weighted by atomic mass is 9.98. The van der Waals surface area contributed by atoms with Crippen molar-refractivity contribution in [3.8, 4) is 0 Å². The number of carbonyl (C=O) groups is 1. The first-order chi connectivity index (χ1) is 11.6. The highest BCUT2D eigenvalue weighted by molar-refractivity contribution is 14.0. The number of piperidine rings is 1. The molecule has 1 atom stereocenters. The summed E-state index contributed by atoms with van der Waals surface area (Å²) >= 11 is 1.67. The summed E-state index contributed by atoms with van der Waals surface area (Å²) in [6, 6.07) is 0. The number of esters is 1. The molecule has 25 heavy (non-hydrogen) atoms. The Kier molecular flexibility index (Phi) is 10.3. The third-order valence-corrected chi connectivity index (χ3v) is 4.79. The second kappa shape index (κ2) is 11.7. The molecule has 1 aliphatic heterocycles. The normalized spacial score (nSPS) is 17.8. The lowest BCUT2D eigenvalue weighted by molar-refractivity contribution is -0.149. The van der Waals surface area contributed by atoms with Crippen molar-refractivity contribution in [2.24, 2.45) is 10.9 Å². The van der Waals surface area contributed by atoms with Crippen LogP contribution in [0.15, 0.2) is 10.4 Å². The van der Waals surface area contributed by atoms with E-state index < -0.39 is 0 Å². The standard InChI is InChI=1S/C17H28N4O2S.HI/c1-4-18-17(19-9-8-15-12-24-13(3)20-15)21-10-6-7-14(11-21)16(22)23-5-2;/h12,14H,4-11H2,1-3H3,(H,18,19);1H. The number of carbonyl (C=O) groups excluding carboxylic acids is 1. The van der Waals surface area contributed by atoms with Crippen LogP contribution in [0.1, 0.15) is 37.4 Å². The highest BCUT2D eigenvalue weighted by atomic mass is 127. The molecule has 142 valence electrons. The van der Waals surface area contributed by atoms with E-state index in [1.54, 1.807) is 11.3 Å². The van der Waals surface area contributed by atoms with Crippen LogP contribution in [-0.4, -0.2) is 54.6 Å². The minimum Gasteiger partial charge on any atom is -0.466 e. The minimum absolute atomic E-state index is 0. The predicted octanol–water partition coefficient (Wildman–Crippen LogP) is 2.85. The Balaban J connectivity index is 0.00000312. The fraction of sp³-hybridized carbons (Fsp3) is 0.706. The van der Waals surface area contributed by atoms with Gasteiger partial charge in [0.05, 0.1) is 23.2 Å². The number of hydrogen-bond donors (Lipinski definition) is 1. The smallest absolute Gasteiger partial charge is 0.310 e. The quantitative estimate of drug-likeness (QED) is 0.294. The Morgan fingerprint density at radius 3 is 2.96 bits per heavy atom. The van der Waals surface area contributed by atoms with E-state index in [-0.39, 0.29) is 35.9 Å². The first-order valence-corrected chi connectivity index (χ1v) is 9.62.